The van der Waals surface area contributed by atoms with Gasteiger partial charge in [-0.2, -0.15) is 5.26 Å². The summed E-state index contributed by atoms with van der Waals surface area (Å²) in [6.45, 7) is 1.82. The fraction of sp³-hybridized carbons (Fsp3) is 0.273. The number of nitriles is 1. The third kappa shape index (κ3) is 2.11. The molecule has 0 radical (unpaired) electrons. The minimum Gasteiger partial charge on any atom is -0.478 e. The van der Waals surface area contributed by atoms with Crippen LogP contribution in [0.5, 0.6) is 0 Å². The lowest BCUT2D eigenvalue weighted by Gasteiger charge is -2.09. The maximum Gasteiger partial charge on any atom is 0.336 e. The van der Waals surface area contributed by atoms with E-state index in [2.05, 4.69) is 0 Å². The average molecular weight is 224 g/mol. The third-order valence-electron chi connectivity index (χ3n) is 2.23. The Balaban J connectivity index is 3.53. The van der Waals surface area contributed by atoms with Crippen molar-refractivity contribution >= 4 is 17.6 Å². The minimum atomic E-state index is -1.03. The molecule has 1 rings (SSSR count). The molecule has 0 atom stereocenters. The van der Waals surface area contributed by atoms with E-state index in [1.807, 2.05) is 13.0 Å². The molecule has 0 saturated carbocycles. The number of carboxylic acids is 1. The van der Waals surface area contributed by atoms with Crippen molar-refractivity contribution < 1.29 is 9.90 Å². The molecule has 0 aromatic heterocycles. The first-order chi connectivity index (χ1) is 7.15. The Morgan fingerprint density at radius 2 is 2.27 bits per heavy atom. The van der Waals surface area contributed by atoms with Gasteiger partial charge in [-0.05, 0) is 23.6 Å². The van der Waals surface area contributed by atoms with Crippen LogP contribution >= 0.6 is 11.6 Å². The van der Waals surface area contributed by atoms with Gasteiger partial charge in [0.2, 0.25) is 0 Å². The Bertz CT molecular complexity index is 435. The first kappa shape index (κ1) is 11.5. The SMILES string of the molecule is CCc1c(C#N)ccc(CCl)c1C(=O)O. The molecule has 1 N–H and O–H groups in total. The van der Waals surface area contributed by atoms with Gasteiger partial charge in [0.05, 0.1) is 17.2 Å². The second-order valence-corrected chi connectivity index (χ2v) is 3.30. The average Bonchev–Trinajstić information content (AvgIpc) is 2.26. The van der Waals surface area contributed by atoms with Gasteiger partial charge in [-0.15, -0.1) is 11.6 Å². The van der Waals surface area contributed by atoms with Crippen molar-refractivity contribution in [3.8, 4) is 6.07 Å². The topological polar surface area (TPSA) is 61.1 Å². The first-order valence-corrected chi connectivity index (χ1v) is 5.03. The number of carboxylic acid groups (broad SMARTS) is 1. The zero-order chi connectivity index (χ0) is 11.4. The Labute approximate surface area is 92.9 Å². The molecule has 0 heterocycles. The van der Waals surface area contributed by atoms with Gasteiger partial charge in [-0.1, -0.05) is 13.0 Å². The summed E-state index contributed by atoms with van der Waals surface area (Å²) >= 11 is 5.65. The van der Waals surface area contributed by atoms with Crippen LogP contribution in [0.3, 0.4) is 0 Å². The predicted octanol–water partition coefficient (Wildman–Crippen LogP) is 2.56. The molecule has 4 heteroatoms. The highest BCUT2D eigenvalue weighted by molar-refractivity contribution is 6.17. The van der Waals surface area contributed by atoms with Crippen LogP contribution in [0.2, 0.25) is 0 Å². The number of hydrogen-bond donors (Lipinski definition) is 1. The molecule has 0 amide bonds. The van der Waals surface area contributed by atoms with Crippen molar-refractivity contribution in [2.24, 2.45) is 0 Å². The predicted molar refractivity (Wildman–Crippen MR) is 57.1 cm³/mol. The third-order valence-corrected chi connectivity index (χ3v) is 2.52. The largest absolute Gasteiger partial charge is 0.478 e. The zero-order valence-electron chi connectivity index (χ0n) is 8.25. The molecule has 0 bridgehead atoms. The highest BCUT2D eigenvalue weighted by atomic mass is 35.5. The lowest BCUT2D eigenvalue weighted by atomic mass is 9.95. The van der Waals surface area contributed by atoms with Crippen LogP contribution < -0.4 is 0 Å². The standard InChI is InChI=1S/C11H10ClNO2/c1-2-9-8(6-13)4-3-7(5-12)10(9)11(14)15/h3-4H,2,5H2,1H3,(H,14,15). The van der Waals surface area contributed by atoms with E-state index in [0.29, 0.717) is 23.1 Å². The lowest BCUT2D eigenvalue weighted by molar-refractivity contribution is 0.0695. The second-order valence-electron chi connectivity index (χ2n) is 3.03. The van der Waals surface area contributed by atoms with Gasteiger partial charge in [-0.25, -0.2) is 4.79 Å². The van der Waals surface area contributed by atoms with E-state index in [1.54, 1.807) is 12.1 Å². The lowest BCUT2D eigenvalue weighted by Crippen LogP contribution is -2.08. The molecule has 0 aliphatic heterocycles. The molecular weight excluding hydrogens is 214 g/mol. The molecular formula is C11H10ClNO2. The Hall–Kier alpha value is -1.53. The summed E-state index contributed by atoms with van der Waals surface area (Å²) in [6, 6.07) is 5.19. The molecule has 3 nitrogen and oxygen atoms in total. The zero-order valence-corrected chi connectivity index (χ0v) is 9.01. The number of nitrogens with zero attached hydrogens (tertiary/aromatic N) is 1. The smallest absolute Gasteiger partial charge is 0.336 e. The van der Waals surface area contributed by atoms with Crippen LogP contribution in [0, 0.1) is 11.3 Å². The summed E-state index contributed by atoms with van der Waals surface area (Å²) < 4.78 is 0. The molecule has 78 valence electrons. The van der Waals surface area contributed by atoms with E-state index in [-0.39, 0.29) is 11.4 Å². The Kier molecular flexibility index (Phi) is 3.70. The molecule has 0 spiro atoms. The van der Waals surface area contributed by atoms with Gasteiger partial charge in [-0.3, -0.25) is 0 Å². The Morgan fingerprint density at radius 3 is 2.67 bits per heavy atom. The van der Waals surface area contributed by atoms with Crippen molar-refractivity contribution in [3.63, 3.8) is 0 Å². The van der Waals surface area contributed by atoms with Crippen LogP contribution in [0.15, 0.2) is 12.1 Å². The molecule has 1 aromatic carbocycles. The summed E-state index contributed by atoms with van der Waals surface area (Å²) in [5.41, 5.74) is 1.69. The number of carbonyl (C=O) groups is 1. The van der Waals surface area contributed by atoms with Crippen molar-refractivity contribution in [1.29, 1.82) is 5.26 Å². The molecule has 15 heavy (non-hydrogen) atoms. The number of halogens is 1. The van der Waals surface area contributed by atoms with Gasteiger partial charge >= 0.3 is 5.97 Å². The number of aromatic carboxylic acids is 1. The van der Waals surface area contributed by atoms with Crippen molar-refractivity contribution in [3.05, 3.63) is 34.4 Å². The Morgan fingerprint density at radius 1 is 1.60 bits per heavy atom. The summed E-state index contributed by atoms with van der Waals surface area (Å²) in [4.78, 5) is 11.1. The first-order valence-electron chi connectivity index (χ1n) is 4.49. The fourth-order valence-corrected chi connectivity index (χ4v) is 1.77. The highest BCUT2D eigenvalue weighted by Crippen LogP contribution is 2.21. The van der Waals surface area contributed by atoms with Crippen molar-refractivity contribution in [2.75, 3.05) is 0 Å². The second kappa shape index (κ2) is 4.81. The molecule has 0 unspecified atom stereocenters. The maximum atomic E-state index is 11.1. The molecule has 0 saturated heterocycles. The minimum absolute atomic E-state index is 0.139. The maximum absolute atomic E-state index is 11.1. The van der Waals surface area contributed by atoms with E-state index < -0.39 is 5.97 Å². The van der Waals surface area contributed by atoms with Gasteiger partial charge in [0, 0.05) is 5.88 Å². The van der Waals surface area contributed by atoms with Gasteiger partial charge in [0.15, 0.2) is 0 Å². The number of alkyl halides is 1. The summed E-state index contributed by atoms with van der Waals surface area (Å²) in [5, 5.41) is 17.9. The van der Waals surface area contributed by atoms with Crippen LogP contribution in [-0.4, -0.2) is 11.1 Å². The van der Waals surface area contributed by atoms with Crippen molar-refractivity contribution in [2.45, 2.75) is 19.2 Å². The van der Waals surface area contributed by atoms with E-state index in [9.17, 15) is 4.79 Å². The number of rotatable bonds is 3. The van der Waals surface area contributed by atoms with Crippen molar-refractivity contribution in [1.82, 2.24) is 0 Å². The van der Waals surface area contributed by atoms with Gasteiger partial charge in [0.25, 0.3) is 0 Å². The van der Waals surface area contributed by atoms with E-state index in [1.165, 1.54) is 0 Å². The number of benzene rings is 1. The van der Waals surface area contributed by atoms with Crippen LogP contribution in [-0.2, 0) is 12.3 Å². The van der Waals surface area contributed by atoms with Gasteiger partial charge < -0.3 is 5.11 Å². The molecule has 0 aliphatic rings. The summed E-state index contributed by atoms with van der Waals surface area (Å²) in [5.74, 6) is -0.889. The monoisotopic (exact) mass is 223 g/mol. The normalized spacial score (nSPS) is 9.67. The van der Waals surface area contributed by atoms with Crippen LogP contribution in [0.25, 0.3) is 0 Å². The highest BCUT2D eigenvalue weighted by Gasteiger charge is 2.17. The summed E-state index contributed by atoms with van der Waals surface area (Å²) in [7, 11) is 0. The van der Waals surface area contributed by atoms with Crippen LogP contribution in [0.1, 0.15) is 34.0 Å². The van der Waals surface area contributed by atoms with Gasteiger partial charge in [0.1, 0.15) is 0 Å². The molecule has 0 fully saturated rings. The quantitative estimate of drug-likeness (QED) is 0.801. The molecule has 0 aliphatic carbocycles. The van der Waals surface area contributed by atoms with E-state index in [0.717, 1.165) is 0 Å². The van der Waals surface area contributed by atoms with Crippen LogP contribution in [0.4, 0.5) is 0 Å². The van der Waals surface area contributed by atoms with E-state index >= 15 is 0 Å². The van der Waals surface area contributed by atoms with E-state index in [4.69, 9.17) is 22.0 Å². The number of hydrogen-bond acceptors (Lipinski definition) is 2. The summed E-state index contributed by atoms with van der Waals surface area (Å²) in [6.07, 6.45) is 0.509. The molecule has 1 aromatic rings. The fourth-order valence-electron chi connectivity index (χ4n) is 1.55.